The molecule has 6 heteroatoms. The molecule has 4 rings (SSSR count). The van der Waals surface area contributed by atoms with Crippen LogP contribution in [0.4, 0.5) is 5.95 Å². The monoisotopic (exact) mass is 264 g/mol. The molecular formula is C12H13ClN4O. The lowest BCUT2D eigenvalue weighted by Gasteiger charge is -2.18. The van der Waals surface area contributed by atoms with Crippen molar-refractivity contribution in [2.75, 3.05) is 5.32 Å². The molecule has 1 N–H and O–H groups in total. The SMILES string of the molecule is Clc1ccc2nc(NC3CC4CCC3O4)nn2c1. The van der Waals surface area contributed by atoms with E-state index in [1.54, 1.807) is 10.7 Å². The quantitative estimate of drug-likeness (QED) is 0.903. The Balaban J connectivity index is 1.59. The fourth-order valence-corrected chi connectivity index (χ4v) is 3.03. The van der Waals surface area contributed by atoms with Crippen LogP contribution in [0.25, 0.3) is 5.65 Å². The van der Waals surface area contributed by atoms with Gasteiger partial charge in [-0.25, -0.2) is 4.52 Å². The Kier molecular flexibility index (Phi) is 2.25. The number of halogens is 1. The predicted molar refractivity (Wildman–Crippen MR) is 67.9 cm³/mol. The molecule has 2 aliphatic rings. The number of pyridine rings is 1. The van der Waals surface area contributed by atoms with Gasteiger partial charge in [0.05, 0.1) is 23.3 Å². The maximum atomic E-state index is 5.92. The minimum atomic E-state index is 0.324. The van der Waals surface area contributed by atoms with Crippen molar-refractivity contribution < 1.29 is 4.74 Å². The topological polar surface area (TPSA) is 51.5 Å². The summed E-state index contributed by atoms with van der Waals surface area (Å²) in [6, 6.07) is 4.02. The van der Waals surface area contributed by atoms with Crippen molar-refractivity contribution in [3.63, 3.8) is 0 Å². The minimum absolute atomic E-state index is 0.324. The van der Waals surface area contributed by atoms with Crippen LogP contribution in [0.2, 0.25) is 5.02 Å². The first-order valence-electron chi connectivity index (χ1n) is 6.22. The van der Waals surface area contributed by atoms with E-state index in [0.29, 0.717) is 29.2 Å². The highest BCUT2D eigenvalue weighted by Gasteiger charge is 2.41. The molecule has 2 saturated heterocycles. The minimum Gasteiger partial charge on any atom is -0.373 e. The van der Waals surface area contributed by atoms with Crippen molar-refractivity contribution in [3.05, 3.63) is 23.4 Å². The predicted octanol–water partition coefficient (Wildman–Crippen LogP) is 2.11. The molecule has 2 aliphatic heterocycles. The average Bonchev–Trinajstić information content (AvgIpc) is 3.02. The lowest BCUT2D eigenvalue weighted by molar-refractivity contribution is 0.102. The molecule has 5 nitrogen and oxygen atoms in total. The van der Waals surface area contributed by atoms with Crippen LogP contribution >= 0.6 is 11.6 Å². The molecular weight excluding hydrogens is 252 g/mol. The van der Waals surface area contributed by atoms with Crippen molar-refractivity contribution in [1.82, 2.24) is 14.6 Å². The van der Waals surface area contributed by atoms with Crippen LogP contribution in [0.15, 0.2) is 18.3 Å². The summed E-state index contributed by atoms with van der Waals surface area (Å²) in [5.74, 6) is 0.651. The van der Waals surface area contributed by atoms with Crippen LogP contribution in [-0.4, -0.2) is 32.8 Å². The average molecular weight is 265 g/mol. The molecule has 3 atom stereocenters. The van der Waals surface area contributed by atoms with E-state index < -0.39 is 0 Å². The first kappa shape index (κ1) is 10.6. The number of fused-ring (bicyclic) bond motifs is 3. The maximum absolute atomic E-state index is 5.92. The highest BCUT2D eigenvalue weighted by Crippen LogP contribution is 2.35. The summed E-state index contributed by atoms with van der Waals surface area (Å²) in [6.07, 6.45) is 5.90. The molecule has 0 aliphatic carbocycles. The van der Waals surface area contributed by atoms with Gasteiger partial charge in [-0.1, -0.05) is 11.6 Å². The van der Waals surface area contributed by atoms with E-state index >= 15 is 0 Å². The third-order valence-corrected chi connectivity index (χ3v) is 3.94. The normalized spacial score (nSPS) is 30.2. The molecule has 18 heavy (non-hydrogen) atoms. The second-order valence-corrected chi connectivity index (χ2v) is 5.38. The van der Waals surface area contributed by atoms with Crippen LogP contribution in [0.3, 0.4) is 0 Å². The van der Waals surface area contributed by atoms with Crippen LogP contribution in [0.1, 0.15) is 19.3 Å². The van der Waals surface area contributed by atoms with Crippen LogP contribution < -0.4 is 5.32 Å². The van der Waals surface area contributed by atoms with E-state index in [0.717, 1.165) is 18.5 Å². The van der Waals surface area contributed by atoms with Gasteiger partial charge in [-0.2, -0.15) is 4.98 Å². The van der Waals surface area contributed by atoms with Gasteiger partial charge in [0.15, 0.2) is 5.65 Å². The van der Waals surface area contributed by atoms with Gasteiger partial charge >= 0.3 is 0 Å². The van der Waals surface area contributed by atoms with E-state index in [9.17, 15) is 0 Å². The van der Waals surface area contributed by atoms with Gasteiger partial charge in [0.1, 0.15) is 0 Å². The number of nitrogens with one attached hydrogen (secondary N) is 1. The van der Waals surface area contributed by atoms with Gasteiger partial charge < -0.3 is 10.1 Å². The molecule has 2 aromatic rings. The van der Waals surface area contributed by atoms with Gasteiger partial charge in [-0.15, -0.1) is 5.10 Å². The van der Waals surface area contributed by atoms with Gasteiger partial charge in [0.25, 0.3) is 0 Å². The van der Waals surface area contributed by atoms with Crippen molar-refractivity contribution in [3.8, 4) is 0 Å². The van der Waals surface area contributed by atoms with Crippen molar-refractivity contribution in [2.24, 2.45) is 0 Å². The molecule has 2 bridgehead atoms. The fourth-order valence-electron chi connectivity index (χ4n) is 2.87. The second kappa shape index (κ2) is 3.83. The summed E-state index contributed by atoms with van der Waals surface area (Å²) in [7, 11) is 0. The lowest BCUT2D eigenvalue weighted by atomic mass is 9.96. The summed E-state index contributed by atoms with van der Waals surface area (Å²) >= 11 is 5.92. The van der Waals surface area contributed by atoms with E-state index in [1.165, 1.54) is 6.42 Å². The zero-order valence-corrected chi connectivity index (χ0v) is 10.5. The Hall–Kier alpha value is -1.33. The first-order valence-corrected chi connectivity index (χ1v) is 6.60. The summed E-state index contributed by atoms with van der Waals surface area (Å²) in [4.78, 5) is 4.43. The van der Waals surface area contributed by atoms with E-state index in [-0.39, 0.29) is 0 Å². The maximum Gasteiger partial charge on any atom is 0.243 e. The van der Waals surface area contributed by atoms with Crippen molar-refractivity contribution in [1.29, 1.82) is 0 Å². The molecule has 0 amide bonds. The molecule has 3 unspecified atom stereocenters. The Morgan fingerprint density at radius 1 is 1.39 bits per heavy atom. The van der Waals surface area contributed by atoms with E-state index in [2.05, 4.69) is 15.4 Å². The Morgan fingerprint density at radius 2 is 2.33 bits per heavy atom. The van der Waals surface area contributed by atoms with Gasteiger partial charge in [-0.05, 0) is 31.4 Å². The van der Waals surface area contributed by atoms with Crippen molar-refractivity contribution in [2.45, 2.75) is 37.5 Å². The molecule has 0 saturated carbocycles. The lowest BCUT2D eigenvalue weighted by Crippen LogP contribution is -2.30. The summed E-state index contributed by atoms with van der Waals surface area (Å²) < 4.78 is 7.50. The number of hydrogen-bond acceptors (Lipinski definition) is 4. The van der Waals surface area contributed by atoms with E-state index in [4.69, 9.17) is 16.3 Å². The molecule has 4 heterocycles. The molecule has 0 spiro atoms. The Bertz CT molecular complexity index is 599. The van der Waals surface area contributed by atoms with E-state index in [1.807, 2.05) is 12.1 Å². The number of nitrogens with zero attached hydrogens (tertiary/aromatic N) is 3. The smallest absolute Gasteiger partial charge is 0.243 e. The second-order valence-electron chi connectivity index (χ2n) is 4.95. The molecule has 2 fully saturated rings. The highest BCUT2D eigenvalue weighted by atomic mass is 35.5. The number of aromatic nitrogens is 3. The summed E-state index contributed by atoms with van der Waals surface area (Å²) in [5.41, 5.74) is 0.797. The number of anilines is 1. The number of hydrogen-bond donors (Lipinski definition) is 1. The standard InChI is InChI=1S/C12H13ClN4O/c13-7-1-4-11-15-12(16-17(11)6-7)14-9-5-8-2-3-10(9)18-8/h1,4,6,8-10H,2-3,5H2,(H,14,16). The van der Waals surface area contributed by atoms with Crippen LogP contribution in [-0.2, 0) is 4.74 Å². The summed E-state index contributed by atoms with van der Waals surface area (Å²) in [5, 5.41) is 8.40. The number of rotatable bonds is 2. The Labute approximate surface area is 109 Å². The summed E-state index contributed by atoms with van der Waals surface area (Å²) in [6.45, 7) is 0. The third-order valence-electron chi connectivity index (χ3n) is 3.72. The molecule has 0 aromatic carbocycles. The molecule has 94 valence electrons. The zero-order chi connectivity index (χ0) is 12.1. The fraction of sp³-hybridized carbons (Fsp3) is 0.500. The molecule has 2 aromatic heterocycles. The van der Waals surface area contributed by atoms with Gasteiger partial charge in [0, 0.05) is 6.20 Å². The van der Waals surface area contributed by atoms with Gasteiger partial charge in [0.2, 0.25) is 5.95 Å². The van der Waals surface area contributed by atoms with Crippen LogP contribution in [0, 0.1) is 0 Å². The Morgan fingerprint density at radius 3 is 3.11 bits per heavy atom. The third kappa shape index (κ3) is 1.66. The largest absolute Gasteiger partial charge is 0.373 e. The van der Waals surface area contributed by atoms with Crippen LogP contribution in [0.5, 0.6) is 0 Å². The van der Waals surface area contributed by atoms with Gasteiger partial charge in [-0.3, -0.25) is 0 Å². The zero-order valence-electron chi connectivity index (χ0n) is 9.71. The molecule has 0 radical (unpaired) electrons. The first-order chi connectivity index (χ1) is 8.78. The highest BCUT2D eigenvalue weighted by molar-refractivity contribution is 6.30. The number of ether oxygens (including phenoxy) is 1. The van der Waals surface area contributed by atoms with Crippen molar-refractivity contribution >= 4 is 23.2 Å².